The smallest absolute Gasteiger partial charge is 0.166 e. The number of pyridine rings is 1. The van der Waals surface area contributed by atoms with Gasteiger partial charge in [-0.25, -0.2) is 4.98 Å². The second kappa shape index (κ2) is 6.55. The summed E-state index contributed by atoms with van der Waals surface area (Å²) in [5, 5.41) is 10.3. The number of rotatable bonds is 3. The molecule has 0 atom stereocenters. The minimum atomic E-state index is 0.453. The zero-order valence-corrected chi connectivity index (χ0v) is 16.3. The number of anilines is 1. The van der Waals surface area contributed by atoms with Gasteiger partial charge < -0.3 is 16.1 Å². The van der Waals surface area contributed by atoms with Crippen LogP contribution in [0.4, 0.5) is 5.69 Å². The van der Waals surface area contributed by atoms with Crippen molar-refractivity contribution < 1.29 is 4.79 Å². The summed E-state index contributed by atoms with van der Waals surface area (Å²) in [6.45, 7) is 1.76. The van der Waals surface area contributed by atoms with E-state index in [0.717, 1.165) is 70.6 Å². The SMILES string of the molecule is CC(=N)c1cc(-c2nc3ccc4[nH]c(C=O)cc4c3c3c2CCCC3)ccc1N. The summed E-state index contributed by atoms with van der Waals surface area (Å²) in [6.07, 6.45) is 5.14. The average molecular weight is 382 g/mol. The van der Waals surface area contributed by atoms with Crippen molar-refractivity contribution in [1.29, 1.82) is 5.41 Å². The molecule has 29 heavy (non-hydrogen) atoms. The average Bonchev–Trinajstić information content (AvgIpc) is 3.16. The Morgan fingerprint density at radius 1 is 1.14 bits per heavy atom. The third-order valence-corrected chi connectivity index (χ3v) is 5.95. The number of aryl methyl sites for hydroxylation is 1. The van der Waals surface area contributed by atoms with Crippen LogP contribution in [-0.4, -0.2) is 22.0 Å². The first-order valence-corrected chi connectivity index (χ1v) is 9.94. The van der Waals surface area contributed by atoms with Gasteiger partial charge in [-0.15, -0.1) is 0 Å². The van der Waals surface area contributed by atoms with Crippen molar-refractivity contribution in [1.82, 2.24) is 9.97 Å². The maximum absolute atomic E-state index is 11.3. The molecule has 2 aromatic heterocycles. The molecule has 0 radical (unpaired) electrons. The Morgan fingerprint density at radius 3 is 2.69 bits per heavy atom. The largest absolute Gasteiger partial charge is 0.398 e. The van der Waals surface area contributed by atoms with Crippen LogP contribution in [0.5, 0.6) is 0 Å². The number of aromatic amines is 1. The zero-order valence-electron chi connectivity index (χ0n) is 16.3. The number of benzene rings is 2. The number of nitrogens with two attached hydrogens (primary N) is 1. The quantitative estimate of drug-likeness (QED) is 0.263. The maximum Gasteiger partial charge on any atom is 0.166 e. The van der Waals surface area contributed by atoms with Crippen molar-refractivity contribution in [2.45, 2.75) is 32.6 Å². The van der Waals surface area contributed by atoms with Crippen LogP contribution in [0.3, 0.4) is 0 Å². The van der Waals surface area contributed by atoms with Crippen molar-refractivity contribution in [2.75, 3.05) is 5.73 Å². The monoisotopic (exact) mass is 382 g/mol. The first-order valence-electron chi connectivity index (χ1n) is 9.94. The number of nitrogens with zero attached hydrogens (tertiary/aromatic N) is 1. The second-order valence-corrected chi connectivity index (χ2v) is 7.82. The molecule has 5 heteroatoms. The van der Waals surface area contributed by atoms with Crippen molar-refractivity contribution in [3.8, 4) is 11.3 Å². The van der Waals surface area contributed by atoms with Gasteiger partial charge in [-0.1, -0.05) is 6.07 Å². The lowest BCUT2D eigenvalue weighted by molar-refractivity contribution is 0.112. The Bertz CT molecular complexity index is 1320. The number of hydrogen-bond acceptors (Lipinski definition) is 4. The van der Waals surface area contributed by atoms with Crippen LogP contribution in [0.1, 0.15) is 46.9 Å². The number of fused-ring (bicyclic) bond motifs is 5. The highest BCUT2D eigenvalue weighted by Gasteiger charge is 2.21. The van der Waals surface area contributed by atoms with Gasteiger partial charge in [0, 0.05) is 38.8 Å². The van der Waals surface area contributed by atoms with Crippen LogP contribution in [-0.2, 0) is 12.8 Å². The summed E-state index contributed by atoms with van der Waals surface area (Å²) in [5.74, 6) is 0. The molecule has 2 aromatic carbocycles. The van der Waals surface area contributed by atoms with Gasteiger partial charge in [-0.2, -0.15) is 0 Å². The van der Waals surface area contributed by atoms with Gasteiger partial charge in [0.1, 0.15) is 0 Å². The molecule has 0 saturated carbocycles. The van der Waals surface area contributed by atoms with Crippen LogP contribution in [0.15, 0.2) is 36.4 Å². The van der Waals surface area contributed by atoms with Gasteiger partial charge in [-0.05, 0) is 74.1 Å². The second-order valence-electron chi connectivity index (χ2n) is 7.82. The van der Waals surface area contributed by atoms with Crippen molar-refractivity contribution >= 4 is 39.5 Å². The van der Waals surface area contributed by atoms with E-state index >= 15 is 0 Å². The van der Waals surface area contributed by atoms with E-state index in [1.165, 1.54) is 11.1 Å². The van der Waals surface area contributed by atoms with Gasteiger partial charge in [0.05, 0.1) is 16.9 Å². The molecule has 0 amide bonds. The number of nitrogens with one attached hydrogen (secondary N) is 2. The third-order valence-electron chi connectivity index (χ3n) is 5.95. The van der Waals surface area contributed by atoms with E-state index < -0.39 is 0 Å². The molecule has 0 fully saturated rings. The van der Waals surface area contributed by atoms with Gasteiger partial charge >= 0.3 is 0 Å². The van der Waals surface area contributed by atoms with Crippen molar-refractivity contribution in [3.63, 3.8) is 0 Å². The Labute approximate surface area is 168 Å². The molecule has 5 rings (SSSR count). The van der Waals surface area contributed by atoms with Crippen LogP contribution >= 0.6 is 0 Å². The predicted octanol–water partition coefficient (Wildman–Crippen LogP) is 5.04. The van der Waals surface area contributed by atoms with E-state index in [2.05, 4.69) is 4.98 Å². The van der Waals surface area contributed by atoms with E-state index in [-0.39, 0.29) is 0 Å². The molecule has 4 N–H and O–H groups in total. The fourth-order valence-electron chi connectivity index (χ4n) is 4.59. The topological polar surface area (TPSA) is 95.6 Å². The molecular formula is C24H22N4O. The number of carbonyl (C=O) groups excluding carboxylic acids is 1. The maximum atomic E-state index is 11.3. The molecule has 4 aromatic rings. The number of hydrogen-bond donors (Lipinski definition) is 3. The number of H-pyrrole nitrogens is 1. The van der Waals surface area contributed by atoms with Crippen LogP contribution in [0, 0.1) is 5.41 Å². The minimum Gasteiger partial charge on any atom is -0.398 e. The molecule has 1 aliphatic rings. The van der Waals surface area contributed by atoms with E-state index in [9.17, 15) is 4.79 Å². The van der Waals surface area contributed by atoms with E-state index in [1.807, 2.05) is 36.4 Å². The normalized spacial score (nSPS) is 13.6. The van der Waals surface area contributed by atoms with Gasteiger partial charge in [-0.3, -0.25) is 4.79 Å². The fourth-order valence-corrected chi connectivity index (χ4v) is 4.59. The number of nitrogen functional groups attached to an aromatic ring is 1. The molecule has 2 heterocycles. The standard InChI is InChI=1S/C24H22N4O/c1-13(25)18-10-14(6-7-20(18)26)24-17-5-3-2-4-16(17)23-19-11-15(12-29)27-21(19)8-9-22(23)28-24/h6-12,25,27H,2-5,26H2,1H3. The number of carbonyl (C=O) groups is 1. The van der Waals surface area contributed by atoms with E-state index in [0.29, 0.717) is 17.1 Å². The number of aldehydes is 1. The zero-order chi connectivity index (χ0) is 20.1. The van der Waals surface area contributed by atoms with Gasteiger partial charge in [0.25, 0.3) is 0 Å². The minimum absolute atomic E-state index is 0.453. The van der Waals surface area contributed by atoms with Crippen LogP contribution in [0.25, 0.3) is 33.1 Å². The van der Waals surface area contributed by atoms with Gasteiger partial charge in [0.15, 0.2) is 6.29 Å². The highest BCUT2D eigenvalue weighted by atomic mass is 16.1. The molecule has 1 aliphatic carbocycles. The molecule has 144 valence electrons. The first-order chi connectivity index (χ1) is 14.1. The third kappa shape index (κ3) is 2.73. The molecule has 0 aliphatic heterocycles. The van der Waals surface area contributed by atoms with E-state index in [4.69, 9.17) is 16.1 Å². The first kappa shape index (κ1) is 17.6. The lowest BCUT2D eigenvalue weighted by Gasteiger charge is -2.22. The Morgan fingerprint density at radius 2 is 1.93 bits per heavy atom. The molecule has 0 saturated heterocycles. The summed E-state index contributed by atoms with van der Waals surface area (Å²) in [6, 6.07) is 11.8. The molecule has 0 unspecified atom stereocenters. The lowest BCUT2D eigenvalue weighted by atomic mass is 9.85. The number of aromatic nitrogens is 2. The predicted molar refractivity (Wildman–Crippen MR) is 118 cm³/mol. The summed E-state index contributed by atoms with van der Waals surface area (Å²) in [4.78, 5) is 19.5. The summed E-state index contributed by atoms with van der Waals surface area (Å²) in [7, 11) is 0. The summed E-state index contributed by atoms with van der Waals surface area (Å²) in [5.41, 5.74) is 15.0. The molecule has 0 spiro atoms. The Balaban J connectivity index is 1.84. The summed E-state index contributed by atoms with van der Waals surface area (Å²) >= 11 is 0. The molecule has 0 bridgehead atoms. The highest BCUT2D eigenvalue weighted by molar-refractivity contribution is 6.10. The molecule has 5 nitrogen and oxygen atoms in total. The van der Waals surface area contributed by atoms with E-state index in [1.54, 1.807) is 6.92 Å². The highest BCUT2D eigenvalue weighted by Crippen LogP contribution is 2.38. The summed E-state index contributed by atoms with van der Waals surface area (Å²) < 4.78 is 0. The van der Waals surface area contributed by atoms with Crippen molar-refractivity contribution in [2.24, 2.45) is 0 Å². The van der Waals surface area contributed by atoms with Gasteiger partial charge in [0.2, 0.25) is 0 Å². The lowest BCUT2D eigenvalue weighted by Crippen LogP contribution is -2.08. The Hall–Kier alpha value is -3.47. The van der Waals surface area contributed by atoms with Crippen LogP contribution < -0.4 is 5.73 Å². The Kier molecular flexibility index (Phi) is 3.98. The fraction of sp³-hybridized carbons (Fsp3) is 0.208. The van der Waals surface area contributed by atoms with Crippen molar-refractivity contribution in [3.05, 3.63) is 58.8 Å². The molecular weight excluding hydrogens is 360 g/mol. The van der Waals surface area contributed by atoms with Crippen LogP contribution in [0.2, 0.25) is 0 Å².